The lowest BCUT2D eigenvalue weighted by Gasteiger charge is -2.20. The highest BCUT2D eigenvalue weighted by molar-refractivity contribution is 5.87. The third-order valence-corrected chi connectivity index (χ3v) is 4.27. The second-order valence-corrected chi connectivity index (χ2v) is 5.72. The fourth-order valence-electron chi connectivity index (χ4n) is 3.18. The molecule has 1 aromatic carbocycles. The minimum absolute atomic E-state index is 0.225. The number of benzene rings is 1. The molecule has 2 bridgehead atoms. The van der Waals surface area contributed by atoms with E-state index in [1.807, 2.05) is 18.2 Å². The fraction of sp³-hybridized carbons (Fsp3) is 0.412. The van der Waals surface area contributed by atoms with Gasteiger partial charge in [0.05, 0.1) is 18.1 Å². The number of aryl methyl sites for hydroxylation is 1. The summed E-state index contributed by atoms with van der Waals surface area (Å²) in [6, 6.07) is 10.1. The fourth-order valence-corrected chi connectivity index (χ4v) is 3.18. The summed E-state index contributed by atoms with van der Waals surface area (Å²) in [6.07, 6.45) is 4.37. The summed E-state index contributed by atoms with van der Waals surface area (Å²) in [6.45, 7) is 0.539. The van der Waals surface area contributed by atoms with Gasteiger partial charge in [-0.05, 0) is 18.4 Å². The highest BCUT2D eigenvalue weighted by Crippen LogP contribution is 2.39. The predicted molar refractivity (Wildman–Crippen MR) is 80.2 cm³/mol. The number of amides is 1. The molecule has 5 nitrogen and oxygen atoms in total. The first-order chi connectivity index (χ1) is 10.7. The van der Waals surface area contributed by atoms with E-state index in [9.17, 15) is 14.7 Å². The van der Waals surface area contributed by atoms with E-state index in [0.717, 1.165) is 12.8 Å². The van der Waals surface area contributed by atoms with Gasteiger partial charge in [-0.2, -0.15) is 0 Å². The molecule has 5 heteroatoms. The zero-order chi connectivity index (χ0) is 15.5. The molecule has 1 fully saturated rings. The van der Waals surface area contributed by atoms with Crippen LogP contribution in [-0.2, 0) is 20.7 Å². The van der Waals surface area contributed by atoms with Crippen LogP contribution < -0.4 is 5.32 Å². The van der Waals surface area contributed by atoms with Crippen LogP contribution in [0.1, 0.15) is 12.0 Å². The third-order valence-electron chi connectivity index (χ3n) is 4.27. The molecular formula is C17H19NO4. The van der Waals surface area contributed by atoms with Gasteiger partial charge in [-0.1, -0.05) is 42.5 Å². The summed E-state index contributed by atoms with van der Waals surface area (Å²) in [4.78, 5) is 23.6. The Morgan fingerprint density at radius 3 is 2.45 bits per heavy atom. The molecule has 2 N–H and O–H groups in total. The molecule has 2 aliphatic heterocycles. The van der Waals surface area contributed by atoms with E-state index >= 15 is 0 Å². The van der Waals surface area contributed by atoms with E-state index < -0.39 is 30.0 Å². The van der Waals surface area contributed by atoms with Crippen molar-refractivity contribution in [1.29, 1.82) is 0 Å². The molecule has 1 aromatic rings. The quantitative estimate of drug-likeness (QED) is 0.615. The van der Waals surface area contributed by atoms with Crippen molar-refractivity contribution >= 4 is 11.9 Å². The van der Waals surface area contributed by atoms with Gasteiger partial charge in [-0.3, -0.25) is 9.59 Å². The maximum absolute atomic E-state index is 12.3. The zero-order valence-corrected chi connectivity index (χ0v) is 12.1. The van der Waals surface area contributed by atoms with E-state index in [0.29, 0.717) is 6.54 Å². The van der Waals surface area contributed by atoms with Crippen LogP contribution in [0.25, 0.3) is 0 Å². The molecule has 3 rings (SSSR count). The number of carboxylic acids is 1. The van der Waals surface area contributed by atoms with Crippen LogP contribution in [0.2, 0.25) is 0 Å². The van der Waals surface area contributed by atoms with E-state index in [1.165, 1.54) is 5.56 Å². The van der Waals surface area contributed by atoms with Gasteiger partial charge in [0.15, 0.2) is 0 Å². The minimum atomic E-state index is -0.971. The number of fused-ring (bicyclic) bond motifs is 2. The molecule has 0 spiro atoms. The number of carbonyl (C=O) groups is 2. The van der Waals surface area contributed by atoms with E-state index in [-0.39, 0.29) is 5.91 Å². The molecule has 0 aliphatic carbocycles. The van der Waals surface area contributed by atoms with Gasteiger partial charge in [0, 0.05) is 6.54 Å². The monoisotopic (exact) mass is 301 g/mol. The first kappa shape index (κ1) is 14.8. The average molecular weight is 301 g/mol. The van der Waals surface area contributed by atoms with Crippen LogP contribution >= 0.6 is 0 Å². The molecule has 2 aliphatic rings. The Balaban J connectivity index is 1.50. The number of carbonyl (C=O) groups excluding carboxylic acids is 1. The number of hydrogen-bond donors (Lipinski definition) is 2. The van der Waals surface area contributed by atoms with Gasteiger partial charge in [0.2, 0.25) is 5.91 Å². The van der Waals surface area contributed by atoms with Crippen molar-refractivity contribution in [2.75, 3.05) is 6.54 Å². The Labute approximate surface area is 129 Å². The van der Waals surface area contributed by atoms with Gasteiger partial charge in [0.1, 0.15) is 5.92 Å². The molecule has 1 amide bonds. The van der Waals surface area contributed by atoms with Gasteiger partial charge in [-0.25, -0.2) is 0 Å². The molecule has 0 aromatic heterocycles. The minimum Gasteiger partial charge on any atom is -0.481 e. The topological polar surface area (TPSA) is 75.6 Å². The molecule has 0 radical (unpaired) electrons. The first-order valence-corrected chi connectivity index (χ1v) is 7.55. The van der Waals surface area contributed by atoms with E-state index in [4.69, 9.17) is 4.74 Å². The Hall–Kier alpha value is -2.14. The summed E-state index contributed by atoms with van der Waals surface area (Å²) in [5.74, 6) is -2.59. The number of aliphatic carboxylic acids is 1. The van der Waals surface area contributed by atoms with Crippen molar-refractivity contribution in [3.63, 3.8) is 0 Å². The molecule has 4 atom stereocenters. The van der Waals surface area contributed by atoms with Crippen molar-refractivity contribution in [3.8, 4) is 0 Å². The van der Waals surface area contributed by atoms with Crippen LogP contribution in [0.5, 0.6) is 0 Å². The summed E-state index contributed by atoms with van der Waals surface area (Å²) in [5.41, 5.74) is 1.23. The number of rotatable bonds is 6. The highest BCUT2D eigenvalue weighted by Gasteiger charge is 2.53. The standard InChI is InChI=1S/C17H19NO4/c19-16(18-10-4-7-11-5-2-1-3-6-11)14-12-8-9-13(22-12)15(14)17(20)21/h1-3,5-6,8-9,12-15H,4,7,10H2,(H,18,19)(H,20,21)/t12-,13-,14-,15-/m0/s1. The SMILES string of the molecule is O=C(O)[C@@H]1[C@@H](C(=O)NCCCc2ccccc2)[C@@H]2C=C[C@@H]1O2. The highest BCUT2D eigenvalue weighted by atomic mass is 16.5. The van der Waals surface area contributed by atoms with E-state index in [1.54, 1.807) is 12.2 Å². The Bertz CT molecular complexity index is 584. The normalized spacial score (nSPS) is 28.7. The van der Waals surface area contributed by atoms with E-state index in [2.05, 4.69) is 17.4 Å². The van der Waals surface area contributed by atoms with Crippen LogP contribution in [0.4, 0.5) is 0 Å². The molecule has 22 heavy (non-hydrogen) atoms. The molecule has 2 heterocycles. The largest absolute Gasteiger partial charge is 0.481 e. The summed E-state index contributed by atoms with van der Waals surface area (Å²) < 4.78 is 5.50. The lowest BCUT2D eigenvalue weighted by atomic mass is 9.82. The molecule has 0 saturated carbocycles. The van der Waals surface area contributed by atoms with Gasteiger partial charge in [0.25, 0.3) is 0 Å². The Morgan fingerprint density at radius 1 is 1.09 bits per heavy atom. The second-order valence-electron chi connectivity index (χ2n) is 5.72. The van der Waals surface area contributed by atoms with Crippen molar-refractivity contribution in [3.05, 3.63) is 48.0 Å². The Morgan fingerprint density at radius 2 is 1.77 bits per heavy atom. The molecule has 116 valence electrons. The van der Waals surface area contributed by atoms with Crippen molar-refractivity contribution in [2.24, 2.45) is 11.8 Å². The Kier molecular flexibility index (Phi) is 4.24. The maximum Gasteiger partial charge on any atom is 0.310 e. The zero-order valence-electron chi connectivity index (χ0n) is 12.1. The number of hydrogen-bond acceptors (Lipinski definition) is 3. The van der Waals surface area contributed by atoms with Gasteiger partial charge >= 0.3 is 5.97 Å². The maximum atomic E-state index is 12.3. The van der Waals surface area contributed by atoms with Crippen LogP contribution in [0.3, 0.4) is 0 Å². The smallest absolute Gasteiger partial charge is 0.310 e. The summed E-state index contributed by atoms with van der Waals surface area (Å²) >= 11 is 0. The van der Waals surface area contributed by atoms with Crippen molar-refractivity contribution in [1.82, 2.24) is 5.32 Å². The summed E-state index contributed by atoms with van der Waals surface area (Å²) in [5, 5.41) is 12.1. The second kappa shape index (κ2) is 6.32. The summed E-state index contributed by atoms with van der Waals surface area (Å²) in [7, 11) is 0. The molecule has 0 unspecified atom stereocenters. The lowest BCUT2D eigenvalue weighted by Crippen LogP contribution is -2.42. The van der Waals surface area contributed by atoms with Gasteiger partial charge in [-0.15, -0.1) is 0 Å². The third kappa shape index (κ3) is 2.90. The van der Waals surface area contributed by atoms with Crippen LogP contribution in [0, 0.1) is 11.8 Å². The van der Waals surface area contributed by atoms with Crippen molar-refractivity contribution < 1.29 is 19.4 Å². The predicted octanol–water partition coefficient (Wildman–Crippen LogP) is 1.39. The first-order valence-electron chi connectivity index (χ1n) is 7.55. The number of carboxylic acid groups (broad SMARTS) is 1. The molecular weight excluding hydrogens is 282 g/mol. The molecule has 1 saturated heterocycles. The number of ether oxygens (including phenoxy) is 1. The lowest BCUT2D eigenvalue weighted by molar-refractivity contribution is -0.146. The van der Waals surface area contributed by atoms with Gasteiger partial charge < -0.3 is 15.2 Å². The average Bonchev–Trinajstić information content (AvgIpc) is 3.13. The van der Waals surface area contributed by atoms with Crippen LogP contribution in [0.15, 0.2) is 42.5 Å². The van der Waals surface area contributed by atoms with Crippen LogP contribution in [-0.4, -0.2) is 35.7 Å². The van der Waals surface area contributed by atoms with Crippen molar-refractivity contribution in [2.45, 2.75) is 25.0 Å². The number of nitrogens with one attached hydrogen (secondary N) is 1.